The highest BCUT2D eigenvalue weighted by Crippen LogP contribution is 2.36. The number of aromatic nitrogens is 1. The van der Waals surface area contributed by atoms with Crippen molar-refractivity contribution >= 4 is 11.6 Å². The Bertz CT molecular complexity index is 745. The molecule has 144 valence electrons. The molecule has 26 heavy (non-hydrogen) atoms. The van der Waals surface area contributed by atoms with E-state index in [9.17, 15) is 13.2 Å². The predicted molar refractivity (Wildman–Crippen MR) is 94.9 cm³/mol. The van der Waals surface area contributed by atoms with Gasteiger partial charge in [-0.15, -0.1) is 0 Å². The van der Waals surface area contributed by atoms with Gasteiger partial charge in [-0.25, -0.2) is 0 Å². The Kier molecular flexibility index (Phi) is 7.11. The van der Waals surface area contributed by atoms with Gasteiger partial charge in [0.15, 0.2) is 0 Å². The maximum Gasteiger partial charge on any atom is 0.417 e. The minimum atomic E-state index is -4.50. The number of alkyl halides is 3. The van der Waals surface area contributed by atoms with Gasteiger partial charge in [-0.3, -0.25) is 0 Å². The highest BCUT2D eigenvalue weighted by Gasteiger charge is 2.33. The van der Waals surface area contributed by atoms with Crippen LogP contribution in [0, 0.1) is 13.8 Å². The number of nitrogens with zero attached hydrogens (tertiary/aromatic N) is 1. The van der Waals surface area contributed by atoms with E-state index in [1.54, 1.807) is 10.6 Å². The first-order chi connectivity index (χ1) is 12.3. The van der Waals surface area contributed by atoms with E-state index in [0.717, 1.165) is 23.0 Å². The minimum Gasteiger partial charge on any atom is -0.394 e. The van der Waals surface area contributed by atoms with Gasteiger partial charge in [0.2, 0.25) is 0 Å². The van der Waals surface area contributed by atoms with Crippen LogP contribution in [0.15, 0.2) is 24.3 Å². The number of hydrogen-bond donors (Lipinski definition) is 2. The lowest BCUT2D eigenvalue weighted by atomic mass is 10.2. The van der Waals surface area contributed by atoms with Crippen LogP contribution in [0.5, 0.6) is 0 Å². The lowest BCUT2D eigenvalue weighted by Crippen LogP contribution is -2.20. The van der Waals surface area contributed by atoms with Gasteiger partial charge >= 0.3 is 6.18 Å². The monoisotopic (exact) mass is 390 g/mol. The van der Waals surface area contributed by atoms with Crippen LogP contribution < -0.4 is 5.32 Å². The molecule has 0 saturated heterocycles. The number of rotatable bonds is 8. The second kappa shape index (κ2) is 8.90. The lowest BCUT2D eigenvalue weighted by Gasteiger charge is -2.14. The van der Waals surface area contributed by atoms with Gasteiger partial charge in [-0.1, -0.05) is 11.6 Å². The molecule has 0 saturated carbocycles. The third-order valence-corrected chi connectivity index (χ3v) is 4.35. The molecule has 1 aromatic carbocycles. The summed E-state index contributed by atoms with van der Waals surface area (Å²) in [6, 6.07) is 5.87. The number of nitrogens with one attached hydrogen (secondary N) is 1. The molecule has 4 nitrogen and oxygen atoms in total. The van der Waals surface area contributed by atoms with Crippen molar-refractivity contribution in [3.05, 3.63) is 51.8 Å². The molecule has 0 aliphatic rings. The van der Waals surface area contributed by atoms with Crippen molar-refractivity contribution in [2.24, 2.45) is 0 Å². The van der Waals surface area contributed by atoms with Crippen molar-refractivity contribution in [3.63, 3.8) is 0 Å². The molecule has 0 radical (unpaired) electrons. The molecular formula is C18H22ClF3N2O2. The average Bonchev–Trinajstić information content (AvgIpc) is 2.84. The fourth-order valence-corrected chi connectivity index (χ4v) is 3.03. The van der Waals surface area contributed by atoms with E-state index in [-0.39, 0.29) is 11.6 Å². The topological polar surface area (TPSA) is 46.4 Å². The molecule has 0 aliphatic heterocycles. The Morgan fingerprint density at radius 1 is 1.19 bits per heavy atom. The number of aryl methyl sites for hydroxylation is 1. The second-order valence-corrected chi connectivity index (χ2v) is 6.31. The molecule has 0 fully saturated rings. The maximum atomic E-state index is 13.1. The van der Waals surface area contributed by atoms with E-state index < -0.39 is 11.7 Å². The van der Waals surface area contributed by atoms with E-state index in [4.69, 9.17) is 21.4 Å². The van der Waals surface area contributed by atoms with Crippen molar-refractivity contribution in [1.82, 2.24) is 9.88 Å². The summed E-state index contributed by atoms with van der Waals surface area (Å²) in [5, 5.41) is 11.5. The Morgan fingerprint density at radius 2 is 1.92 bits per heavy atom. The van der Waals surface area contributed by atoms with Crippen molar-refractivity contribution in [2.75, 3.05) is 26.4 Å². The molecule has 2 aromatic rings. The van der Waals surface area contributed by atoms with Gasteiger partial charge in [0.05, 0.1) is 30.4 Å². The SMILES string of the molecule is Cc1cc(CNCCOCCO)c(C)n1-c1ccc(Cl)c(C(F)(F)F)c1. The number of hydrogen-bond acceptors (Lipinski definition) is 3. The van der Waals surface area contributed by atoms with Crippen LogP contribution in [0.25, 0.3) is 5.69 Å². The van der Waals surface area contributed by atoms with Crippen LogP contribution in [0.4, 0.5) is 13.2 Å². The molecule has 0 unspecified atom stereocenters. The van der Waals surface area contributed by atoms with E-state index >= 15 is 0 Å². The molecule has 0 spiro atoms. The van der Waals surface area contributed by atoms with Gasteiger partial charge in [0.1, 0.15) is 0 Å². The normalized spacial score (nSPS) is 12.0. The number of halogens is 4. The fourth-order valence-electron chi connectivity index (χ4n) is 2.81. The second-order valence-electron chi connectivity index (χ2n) is 5.91. The average molecular weight is 391 g/mol. The Balaban J connectivity index is 2.17. The number of aliphatic hydroxyl groups is 1. The van der Waals surface area contributed by atoms with Crippen LogP contribution in [-0.4, -0.2) is 36.0 Å². The third-order valence-electron chi connectivity index (χ3n) is 4.02. The van der Waals surface area contributed by atoms with Gasteiger partial charge in [-0.2, -0.15) is 13.2 Å². The van der Waals surface area contributed by atoms with Gasteiger partial charge < -0.3 is 19.7 Å². The standard InChI is InChI=1S/C18H22ClF3N2O2/c1-12-9-14(11-23-5-7-26-8-6-25)13(2)24(12)15-3-4-17(19)16(10-15)18(20,21)22/h3-4,9-10,23,25H,5-8,11H2,1-2H3. The first kappa shape index (κ1) is 20.8. The minimum absolute atomic E-state index is 0.0117. The summed E-state index contributed by atoms with van der Waals surface area (Å²) in [7, 11) is 0. The Morgan fingerprint density at radius 3 is 2.58 bits per heavy atom. The zero-order valence-electron chi connectivity index (χ0n) is 14.7. The summed E-state index contributed by atoms with van der Waals surface area (Å²) in [6.07, 6.45) is -4.50. The molecule has 1 aromatic heterocycles. The highest BCUT2D eigenvalue weighted by molar-refractivity contribution is 6.31. The zero-order valence-corrected chi connectivity index (χ0v) is 15.4. The smallest absolute Gasteiger partial charge is 0.394 e. The highest BCUT2D eigenvalue weighted by atomic mass is 35.5. The maximum absolute atomic E-state index is 13.1. The summed E-state index contributed by atoms with van der Waals surface area (Å²) in [6.45, 7) is 5.67. The largest absolute Gasteiger partial charge is 0.417 e. The molecule has 0 bridgehead atoms. The first-order valence-electron chi connectivity index (χ1n) is 8.20. The molecule has 8 heteroatoms. The molecule has 1 heterocycles. The fraction of sp³-hybridized carbons (Fsp3) is 0.444. The van der Waals surface area contributed by atoms with Crippen LogP contribution in [0.2, 0.25) is 5.02 Å². The summed E-state index contributed by atoms with van der Waals surface area (Å²) < 4.78 is 46.3. The Hall–Kier alpha value is -1.54. The van der Waals surface area contributed by atoms with Crippen molar-refractivity contribution in [1.29, 1.82) is 0 Å². The third kappa shape index (κ3) is 5.01. The van der Waals surface area contributed by atoms with Crippen LogP contribution >= 0.6 is 11.6 Å². The van der Waals surface area contributed by atoms with Gasteiger partial charge in [0, 0.05) is 30.2 Å². The zero-order chi connectivity index (χ0) is 19.3. The number of aliphatic hydroxyl groups excluding tert-OH is 1. The van der Waals surface area contributed by atoms with Crippen LogP contribution in [-0.2, 0) is 17.5 Å². The molecule has 0 aliphatic carbocycles. The number of benzene rings is 1. The summed E-state index contributed by atoms with van der Waals surface area (Å²) in [4.78, 5) is 0. The lowest BCUT2D eigenvalue weighted by molar-refractivity contribution is -0.137. The first-order valence-corrected chi connectivity index (χ1v) is 8.57. The van der Waals surface area contributed by atoms with E-state index in [2.05, 4.69) is 5.32 Å². The summed E-state index contributed by atoms with van der Waals surface area (Å²) >= 11 is 5.71. The van der Waals surface area contributed by atoms with Crippen molar-refractivity contribution < 1.29 is 23.0 Å². The van der Waals surface area contributed by atoms with E-state index in [1.165, 1.54) is 6.07 Å². The van der Waals surface area contributed by atoms with Crippen LogP contribution in [0.3, 0.4) is 0 Å². The number of ether oxygens (including phenoxy) is 1. The molecular weight excluding hydrogens is 369 g/mol. The van der Waals surface area contributed by atoms with Crippen molar-refractivity contribution in [3.8, 4) is 5.69 Å². The Labute approximate surface area is 155 Å². The molecule has 2 N–H and O–H groups in total. The quantitative estimate of drug-likeness (QED) is 0.673. The van der Waals surface area contributed by atoms with Crippen LogP contribution in [0.1, 0.15) is 22.5 Å². The van der Waals surface area contributed by atoms with E-state index in [1.807, 2.05) is 19.9 Å². The molecule has 0 atom stereocenters. The summed E-state index contributed by atoms with van der Waals surface area (Å²) in [5.74, 6) is 0. The van der Waals surface area contributed by atoms with Crippen molar-refractivity contribution in [2.45, 2.75) is 26.6 Å². The predicted octanol–water partition coefficient (Wildman–Crippen LogP) is 3.86. The van der Waals surface area contributed by atoms with Gasteiger partial charge in [0.25, 0.3) is 0 Å². The van der Waals surface area contributed by atoms with Gasteiger partial charge in [-0.05, 0) is 43.7 Å². The molecule has 2 rings (SSSR count). The van der Waals surface area contributed by atoms with E-state index in [0.29, 0.717) is 32.0 Å². The summed E-state index contributed by atoms with van der Waals surface area (Å²) in [5.41, 5.74) is 2.28. The molecule has 0 amide bonds.